The maximum absolute atomic E-state index is 6.26. The molecule has 6 heteroatoms. The van der Waals surface area contributed by atoms with E-state index in [1.54, 1.807) is 0 Å². The van der Waals surface area contributed by atoms with Gasteiger partial charge in [-0.15, -0.1) is 11.8 Å². The van der Waals surface area contributed by atoms with Gasteiger partial charge >= 0.3 is 0 Å². The Labute approximate surface area is 136 Å². The standard InChI is InChI=1S/C12H16ClIN2S2/c1-6(2)9-8(14)11(13)16-12(15-9)10-7(3)17-4-5-18-10/h6-7,10H,4-5H2,1-3H3. The summed E-state index contributed by atoms with van der Waals surface area (Å²) in [6.45, 7) is 6.55. The SMILES string of the molecule is CC(C)c1nc(C2SCCSC2C)nc(Cl)c1I. The molecule has 2 heterocycles. The van der Waals surface area contributed by atoms with Gasteiger partial charge in [0.05, 0.1) is 14.5 Å². The van der Waals surface area contributed by atoms with Crippen molar-refractivity contribution in [1.82, 2.24) is 9.97 Å². The Morgan fingerprint density at radius 2 is 1.94 bits per heavy atom. The third-order valence-electron chi connectivity index (χ3n) is 2.84. The van der Waals surface area contributed by atoms with E-state index in [0.717, 1.165) is 15.1 Å². The van der Waals surface area contributed by atoms with Crippen molar-refractivity contribution >= 4 is 57.7 Å². The van der Waals surface area contributed by atoms with Crippen molar-refractivity contribution in [2.75, 3.05) is 11.5 Å². The van der Waals surface area contributed by atoms with Gasteiger partial charge in [-0.3, -0.25) is 0 Å². The average Bonchev–Trinajstić information content (AvgIpc) is 2.33. The molecule has 2 unspecified atom stereocenters. The van der Waals surface area contributed by atoms with Gasteiger partial charge in [0.1, 0.15) is 11.0 Å². The van der Waals surface area contributed by atoms with E-state index in [0.29, 0.717) is 21.6 Å². The lowest BCUT2D eigenvalue weighted by atomic mass is 10.1. The largest absolute Gasteiger partial charge is 0.235 e. The third kappa shape index (κ3) is 3.27. The Hall–Kier alpha value is 0.800. The Bertz CT molecular complexity index is 442. The smallest absolute Gasteiger partial charge is 0.146 e. The number of rotatable bonds is 2. The first kappa shape index (κ1) is 15.2. The van der Waals surface area contributed by atoms with Crippen molar-refractivity contribution in [2.24, 2.45) is 0 Å². The van der Waals surface area contributed by atoms with E-state index in [-0.39, 0.29) is 0 Å². The van der Waals surface area contributed by atoms with Crippen LogP contribution >= 0.6 is 57.7 Å². The molecular formula is C12H16ClIN2S2. The zero-order valence-electron chi connectivity index (χ0n) is 10.6. The minimum absolute atomic E-state index is 0.371. The van der Waals surface area contributed by atoms with Crippen LogP contribution in [0.2, 0.25) is 5.15 Å². The molecule has 0 N–H and O–H groups in total. The van der Waals surface area contributed by atoms with Crippen LogP contribution in [0, 0.1) is 3.57 Å². The van der Waals surface area contributed by atoms with Crippen LogP contribution in [0.25, 0.3) is 0 Å². The highest BCUT2D eigenvalue weighted by molar-refractivity contribution is 14.1. The second-order valence-corrected chi connectivity index (χ2v) is 8.77. The summed E-state index contributed by atoms with van der Waals surface area (Å²) in [5.41, 5.74) is 1.08. The molecule has 18 heavy (non-hydrogen) atoms. The fourth-order valence-corrected chi connectivity index (χ4v) is 5.62. The van der Waals surface area contributed by atoms with Gasteiger partial charge in [-0.2, -0.15) is 11.8 Å². The summed E-state index contributed by atoms with van der Waals surface area (Å²) in [4.78, 5) is 9.27. The van der Waals surface area contributed by atoms with E-state index in [9.17, 15) is 0 Å². The fourth-order valence-electron chi connectivity index (χ4n) is 1.88. The molecule has 100 valence electrons. The second-order valence-electron chi connectivity index (χ2n) is 4.59. The van der Waals surface area contributed by atoms with Crippen LogP contribution in [-0.2, 0) is 0 Å². The molecule has 1 aliphatic heterocycles. The summed E-state index contributed by atoms with van der Waals surface area (Å²) in [6.07, 6.45) is 0. The number of aromatic nitrogens is 2. The number of nitrogens with zero attached hydrogens (tertiary/aromatic N) is 2. The maximum atomic E-state index is 6.26. The zero-order valence-corrected chi connectivity index (χ0v) is 15.2. The second kappa shape index (κ2) is 6.50. The van der Waals surface area contributed by atoms with Gasteiger partial charge in [-0.25, -0.2) is 9.97 Å². The van der Waals surface area contributed by atoms with Gasteiger partial charge in [0.2, 0.25) is 0 Å². The van der Waals surface area contributed by atoms with Crippen LogP contribution in [-0.4, -0.2) is 26.7 Å². The predicted octanol–water partition coefficient (Wildman–Crippen LogP) is 4.77. The lowest BCUT2D eigenvalue weighted by molar-refractivity contribution is 0.752. The Balaban J connectivity index is 2.38. The van der Waals surface area contributed by atoms with Crippen LogP contribution in [0.4, 0.5) is 0 Å². The van der Waals surface area contributed by atoms with Crippen molar-refractivity contribution in [3.8, 4) is 0 Å². The van der Waals surface area contributed by atoms with Gasteiger partial charge in [0.25, 0.3) is 0 Å². The summed E-state index contributed by atoms with van der Waals surface area (Å²) >= 11 is 12.5. The van der Waals surface area contributed by atoms with Gasteiger partial charge in [-0.1, -0.05) is 32.4 Å². The van der Waals surface area contributed by atoms with Gasteiger partial charge < -0.3 is 0 Å². The molecule has 0 aromatic carbocycles. The molecule has 0 aliphatic carbocycles. The molecule has 1 fully saturated rings. The minimum Gasteiger partial charge on any atom is -0.235 e. The normalized spacial score (nSPS) is 24.6. The highest BCUT2D eigenvalue weighted by atomic mass is 127. The molecule has 0 amide bonds. The number of halogens is 2. The average molecular weight is 415 g/mol. The lowest BCUT2D eigenvalue weighted by Gasteiger charge is -2.27. The molecule has 2 rings (SSSR count). The lowest BCUT2D eigenvalue weighted by Crippen LogP contribution is -2.19. The number of hydrogen-bond acceptors (Lipinski definition) is 4. The van der Waals surface area contributed by atoms with Crippen LogP contribution in [0.5, 0.6) is 0 Å². The summed E-state index contributed by atoms with van der Waals surface area (Å²) in [5.74, 6) is 3.68. The number of thioether (sulfide) groups is 2. The van der Waals surface area contributed by atoms with E-state index in [2.05, 4.69) is 48.3 Å². The molecule has 0 spiro atoms. The highest BCUT2D eigenvalue weighted by Crippen LogP contribution is 2.42. The van der Waals surface area contributed by atoms with Crippen LogP contribution in [0.15, 0.2) is 0 Å². The first-order valence-corrected chi connectivity index (χ1v) is 9.52. The van der Waals surface area contributed by atoms with E-state index in [4.69, 9.17) is 16.6 Å². The van der Waals surface area contributed by atoms with Gasteiger partial charge in [0, 0.05) is 16.8 Å². The van der Waals surface area contributed by atoms with Gasteiger partial charge in [-0.05, 0) is 28.5 Å². The molecule has 1 aliphatic rings. The number of hydrogen-bond donors (Lipinski definition) is 0. The summed E-state index contributed by atoms with van der Waals surface area (Å²) in [6, 6.07) is 0. The van der Waals surface area contributed by atoms with E-state index in [1.165, 1.54) is 11.5 Å². The zero-order chi connectivity index (χ0) is 13.3. The molecule has 2 atom stereocenters. The first-order chi connectivity index (χ1) is 8.50. The molecular weight excluding hydrogens is 399 g/mol. The Morgan fingerprint density at radius 1 is 1.28 bits per heavy atom. The topological polar surface area (TPSA) is 25.8 Å². The van der Waals surface area contributed by atoms with Gasteiger partial charge in [0.15, 0.2) is 0 Å². The molecule has 1 aromatic rings. The highest BCUT2D eigenvalue weighted by Gasteiger charge is 2.28. The molecule has 1 aromatic heterocycles. The van der Waals surface area contributed by atoms with Crippen molar-refractivity contribution in [3.05, 3.63) is 20.2 Å². The van der Waals surface area contributed by atoms with Crippen molar-refractivity contribution in [3.63, 3.8) is 0 Å². The van der Waals surface area contributed by atoms with Crippen LogP contribution < -0.4 is 0 Å². The van der Waals surface area contributed by atoms with E-state index in [1.807, 2.05) is 23.5 Å². The maximum Gasteiger partial charge on any atom is 0.146 e. The summed E-state index contributed by atoms with van der Waals surface area (Å²) in [5, 5.41) is 1.53. The van der Waals surface area contributed by atoms with Crippen LogP contribution in [0.3, 0.4) is 0 Å². The summed E-state index contributed by atoms with van der Waals surface area (Å²) in [7, 11) is 0. The van der Waals surface area contributed by atoms with Crippen molar-refractivity contribution in [2.45, 2.75) is 37.2 Å². The molecule has 0 saturated carbocycles. The van der Waals surface area contributed by atoms with E-state index >= 15 is 0 Å². The Kier molecular flexibility index (Phi) is 5.49. The monoisotopic (exact) mass is 414 g/mol. The van der Waals surface area contributed by atoms with Crippen LogP contribution in [0.1, 0.15) is 43.5 Å². The quantitative estimate of drug-likeness (QED) is 0.514. The summed E-state index contributed by atoms with van der Waals surface area (Å²) < 4.78 is 0.995. The van der Waals surface area contributed by atoms with E-state index < -0.39 is 0 Å². The molecule has 2 nitrogen and oxygen atoms in total. The first-order valence-electron chi connectivity index (χ1n) is 5.96. The fraction of sp³-hybridized carbons (Fsp3) is 0.667. The van der Waals surface area contributed by atoms with Crippen molar-refractivity contribution < 1.29 is 0 Å². The Morgan fingerprint density at radius 3 is 2.56 bits per heavy atom. The molecule has 0 radical (unpaired) electrons. The minimum atomic E-state index is 0.371. The van der Waals surface area contributed by atoms with Crippen molar-refractivity contribution in [1.29, 1.82) is 0 Å². The third-order valence-corrected chi connectivity index (χ3v) is 7.59. The molecule has 0 bridgehead atoms. The molecule has 1 saturated heterocycles. The predicted molar refractivity (Wildman–Crippen MR) is 91.0 cm³/mol.